The summed E-state index contributed by atoms with van der Waals surface area (Å²) in [6.07, 6.45) is 10.6. The van der Waals surface area contributed by atoms with Gasteiger partial charge in [-0.3, -0.25) is 0 Å². The Morgan fingerprint density at radius 2 is 1.71 bits per heavy atom. The monoisotopic (exact) mass is 428 g/mol. The molecule has 5 heteroatoms. The van der Waals surface area contributed by atoms with Crippen molar-refractivity contribution in [3.05, 3.63) is 65.2 Å². The average Bonchev–Trinajstić information content (AvgIpc) is 3.30. The van der Waals surface area contributed by atoms with Gasteiger partial charge in [-0.05, 0) is 48.4 Å². The molecule has 1 aliphatic carbocycles. The molecule has 0 heterocycles. The minimum atomic E-state index is -0.767. The summed E-state index contributed by atoms with van der Waals surface area (Å²) in [7, 11) is 0. The number of rotatable bonds is 10. The molecule has 2 amide bonds. The molecule has 3 rings (SSSR count). The molecule has 2 aromatic rings. The van der Waals surface area contributed by atoms with Crippen LogP contribution in [-0.2, 0) is 6.54 Å². The lowest BCUT2D eigenvalue weighted by Crippen LogP contribution is -2.35. The predicted octanol–water partition coefficient (Wildman–Crippen LogP) is 7.63. The molecule has 0 spiro atoms. The Bertz CT molecular complexity index is 832. The minimum Gasteiger partial charge on any atom is -0.320 e. The number of benzene rings is 2. The van der Waals surface area contributed by atoms with E-state index in [-0.39, 0.29) is 11.7 Å². The molecule has 1 aliphatic rings. The maximum absolute atomic E-state index is 14.0. The first kappa shape index (κ1) is 23.2. The van der Waals surface area contributed by atoms with E-state index in [4.69, 9.17) is 0 Å². The Morgan fingerprint density at radius 3 is 2.39 bits per heavy atom. The number of carbonyl (C=O) groups is 1. The van der Waals surface area contributed by atoms with Gasteiger partial charge in [0.15, 0.2) is 0 Å². The molecule has 31 heavy (non-hydrogen) atoms. The zero-order chi connectivity index (χ0) is 22.1. The summed E-state index contributed by atoms with van der Waals surface area (Å²) in [5.41, 5.74) is 2.44. The number of hydrogen-bond acceptors (Lipinski definition) is 1. The van der Waals surface area contributed by atoms with Crippen LogP contribution in [0.15, 0.2) is 42.5 Å². The number of halogens is 2. The predicted molar refractivity (Wildman–Crippen MR) is 122 cm³/mol. The molecule has 0 bridgehead atoms. The second kappa shape index (κ2) is 11.8. The number of carbonyl (C=O) groups excluding carboxylic acids is 1. The Hall–Kier alpha value is -2.43. The first-order valence-electron chi connectivity index (χ1n) is 11.7. The van der Waals surface area contributed by atoms with E-state index in [0.29, 0.717) is 19.0 Å². The summed E-state index contributed by atoms with van der Waals surface area (Å²) in [6.45, 7) is 3.24. The smallest absolute Gasteiger partial charge is 0.320 e. The van der Waals surface area contributed by atoms with Crippen LogP contribution < -0.4 is 5.32 Å². The van der Waals surface area contributed by atoms with E-state index in [1.54, 1.807) is 4.90 Å². The molecule has 0 unspecified atom stereocenters. The molecule has 168 valence electrons. The van der Waals surface area contributed by atoms with Crippen molar-refractivity contribution >= 4 is 11.7 Å². The van der Waals surface area contributed by atoms with E-state index >= 15 is 0 Å². The highest BCUT2D eigenvalue weighted by Gasteiger charge is 2.18. The van der Waals surface area contributed by atoms with Crippen LogP contribution in [0.5, 0.6) is 0 Å². The maximum Gasteiger partial charge on any atom is 0.322 e. The van der Waals surface area contributed by atoms with E-state index in [1.807, 2.05) is 0 Å². The molecule has 0 aromatic heterocycles. The van der Waals surface area contributed by atoms with Gasteiger partial charge in [-0.25, -0.2) is 13.6 Å². The third-order valence-corrected chi connectivity index (χ3v) is 6.17. The van der Waals surface area contributed by atoms with Gasteiger partial charge in [0.1, 0.15) is 11.6 Å². The number of urea groups is 1. The highest BCUT2D eigenvalue weighted by atomic mass is 19.1. The lowest BCUT2D eigenvalue weighted by molar-refractivity contribution is 0.207. The number of anilines is 1. The summed E-state index contributed by atoms with van der Waals surface area (Å²) in [5.74, 6) is -0.767. The summed E-state index contributed by atoms with van der Waals surface area (Å²) < 4.78 is 27.2. The Kier molecular flexibility index (Phi) is 8.86. The summed E-state index contributed by atoms with van der Waals surface area (Å²) in [6, 6.07) is 11.4. The highest BCUT2D eigenvalue weighted by Crippen LogP contribution is 2.34. The van der Waals surface area contributed by atoms with Gasteiger partial charge in [0.25, 0.3) is 0 Å². The zero-order valence-electron chi connectivity index (χ0n) is 18.5. The van der Waals surface area contributed by atoms with E-state index in [2.05, 4.69) is 36.5 Å². The molecule has 1 fully saturated rings. The van der Waals surface area contributed by atoms with Crippen molar-refractivity contribution in [1.29, 1.82) is 0 Å². The molecule has 0 saturated heterocycles. The van der Waals surface area contributed by atoms with Crippen LogP contribution in [0.4, 0.5) is 19.3 Å². The van der Waals surface area contributed by atoms with E-state index in [1.165, 1.54) is 50.2 Å². The second-order valence-electron chi connectivity index (χ2n) is 8.61. The van der Waals surface area contributed by atoms with Crippen molar-refractivity contribution in [2.45, 2.75) is 77.2 Å². The lowest BCUT2D eigenvalue weighted by atomic mass is 9.96. The van der Waals surface area contributed by atoms with Crippen LogP contribution in [0.1, 0.15) is 81.8 Å². The first-order valence-corrected chi connectivity index (χ1v) is 11.7. The number of hydrogen-bond donors (Lipinski definition) is 1. The maximum atomic E-state index is 14.0. The van der Waals surface area contributed by atoms with Gasteiger partial charge >= 0.3 is 6.03 Å². The molecule has 3 nitrogen and oxygen atoms in total. The van der Waals surface area contributed by atoms with Crippen LogP contribution in [0.2, 0.25) is 0 Å². The molecule has 2 aromatic carbocycles. The van der Waals surface area contributed by atoms with Crippen molar-refractivity contribution in [3.63, 3.8) is 0 Å². The van der Waals surface area contributed by atoms with E-state index < -0.39 is 11.6 Å². The fraction of sp³-hybridized carbons (Fsp3) is 0.500. The van der Waals surface area contributed by atoms with Gasteiger partial charge < -0.3 is 10.2 Å². The van der Waals surface area contributed by atoms with Crippen molar-refractivity contribution in [3.8, 4) is 0 Å². The number of nitrogens with one attached hydrogen (secondary N) is 1. The zero-order valence-corrected chi connectivity index (χ0v) is 18.5. The Labute approximate surface area is 184 Å². The first-order chi connectivity index (χ1) is 15.1. The van der Waals surface area contributed by atoms with Crippen molar-refractivity contribution in [1.82, 2.24) is 4.90 Å². The van der Waals surface area contributed by atoms with Gasteiger partial charge in [-0.2, -0.15) is 0 Å². The lowest BCUT2D eigenvalue weighted by Gasteiger charge is -2.24. The SMILES string of the molecule is CCCCCCCN(Cc1ccc(C2CCCC2)cc1)C(=O)Nc1ccc(F)cc1F. The molecular weight excluding hydrogens is 394 g/mol. The van der Waals surface area contributed by atoms with E-state index in [0.717, 1.165) is 37.0 Å². The van der Waals surface area contributed by atoms with Crippen LogP contribution >= 0.6 is 0 Å². The molecule has 0 aliphatic heterocycles. The third-order valence-electron chi connectivity index (χ3n) is 6.17. The quantitative estimate of drug-likeness (QED) is 0.388. The molecular formula is C26H34F2N2O. The normalized spacial score (nSPS) is 14.0. The van der Waals surface area contributed by atoms with Crippen molar-refractivity contribution in [2.75, 3.05) is 11.9 Å². The molecule has 1 N–H and O–H groups in total. The van der Waals surface area contributed by atoms with Crippen LogP contribution in [0, 0.1) is 11.6 Å². The van der Waals surface area contributed by atoms with Gasteiger partial charge in [0.05, 0.1) is 5.69 Å². The van der Waals surface area contributed by atoms with Gasteiger partial charge in [0, 0.05) is 19.2 Å². The fourth-order valence-corrected chi connectivity index (χ4v) is 4.32. The summed E-state index contributed by atoms with van der Waals surface area (Å²) in [5, 5.41) is 2.61. The Balaban J connectivity index is 1.65. The van der Waals surface area contributed by atoms with Gasteiger partial charge in [-0.15, -0.1) is 0 Å². The van der Waals surface area contributed by atoms with E-state index in [9.17, 15) is 13.6 Å². The topological polar surface area (TPSA) is 32.3 Å². The number of nitrogens with zero attached hydrogens (tertiary/aromatic N) is 1. The Morgan fingerprint density at radius 1 is 1.00 bits per heavy atom. The second-order valence-corrected chi connectivity index (χ2v) is 8.61. The minimum absolute atomic E-state index is 0.000959. The third kappa shape index (κ3) is 7.05. The van der Waals surface area contributed by atoms with Crippen molar-refractivity contribution < 1.29 is 13.6 Å². The molecule has 0 radical (unpaired) electrons. The fourth-order valence-electron chi connectivity index (χ4n) is 4.32. The summed E-state index contributed by atoms with van der Waals surface area (Å²) >= 11 is 0. The largest absolute Gasteiger partial charge is 0.322 e. The van der Waals surface area contributed by atoms with Crippen LogP contribution in [0.25, 0.3) is 0 Å². The number of amides is 2. The standard InChI is InChI=1S/C26H34F2N2O/c1-2-3-4-5-8-17-30(26(31)29-25-16-15-23(27)18-24(25)28)19-20-11-13-22(14-12-20)21-9-6-7-10-21/h11-16,18,21H,2-10,17,19H2,1H3,(H,29,31). The summed E-state index contributed by atoms with van der Waals surface area (Å²) in [4.78, 5) is 14.6. The average molecular weight is 429 g/mol. The van der Waals surface area contributed by atoms with Crippen LogP contribution in [-0.4, -0.2) is 17.5 Å². The molecule has 1 saturated carbocycles. The van der Waals surface area contributed by atoms with Gasteiger partial charge in [-0.1, -0.05) is 69.7 Å². The number of unbranched alkanes of at least 4 members (excludes halogenated alkanes) is 4. The highest BCUT2D eigenvalue weighted by molar-refractivity contribution is 5.89. The van der Waals surface area contributed by atoms with Gasteiger partial charge in [0.2, 0.25) is 0 Å². The van der Waals surface area contributed by atoms with Crippen molar-refractivity contribution in [2.24, 2.45) is 0 Å². The molecule has 0 atom stereocenters. The van der Waals surface area contributed by atoms with Crippen LogP contribution in [0.3, 0.4) is 0 Å².